The van der Waals surface area contributed by atoms with E-state index in [-0.39, 0.29) is 5.91 Å². The maximum Gasteiger partial charge on any atom is 0.253 e. The number of nitrogens with zero attached hydrogens (tertiary/aromatic N) is 3. The van der Waals surface area contributed by atoms with Crippen molar-refractivity contribution in [3.8, 4) is 0 Å². The molecule has 3 aromatic rings. The Morgan fingerprint density at radius 3 is 2.59 bits per heavy atom. The molecule has 1 fully saturated rings. The van der Waals surface area contributed by atoms with Crippen LogP contribution < -0.4 is 0 Å². The van der Waals surface area contributed by atoms with Crippen molar-refractivity contribution in [3.63, 3.8) is 0 Å². The van der Waals surface area contributed by atoms with Crippen molar-refractivity contribution in [2.45, 2.75) is 13.5 Å². The highest BCUT2D eigenvalue weighted by Gasteiger charge is 2.22. The topological polar surface area (TPSA) is 36.4 Å². The Hall–Kier alpha value is -2.43. The van der Waals surface area contributed by atoms with E-state index in [1.807, 2.05) is 29.2 Å². The van der Waals surface area contributed by atoms with Crippen LogP contribution in [0.5, 0.6) is 0 Å². The van der Waals surface area contributed by atoms with Crippen molar-refractivity contribution in [3.05, 3.63) is 76.4 Å². The molecule has 2 aromatic carbocycles. The molecule has 138 valence electrons. The summed E-state index contributed by atoms with van der Waals surface area (Å²) in [6, 6.07) is 17.8. The minimum atomic E-state index is 0.0855. The van der Waals surface area contributed by atoms with Gasteiger partial charge in [-0.1, -0.05) is 35.9 Å². The molecule has 1 saturated heterocycles. The Kier molecular flexibility index (Phi) is 5.10. The van der Waals surface area contributed by atoms with Gasteiger partial charge in [0.1, 0.15) is 5.15 Å². The average molecular weight is 380 g/mol. The van der Waals surface area contributed by atoms with E-state index in [2.05, 4.69) is 41.1 Å². The lowest BCUT2D eigenvalue weighted by molar-refractivity contribution is 0.0628. The van der Waals surface area contributed by atoms with Gasteiger partial charge in [0.25, 0.3) is 5.91 Å². The number of aryl methyl sites for hydroxylation is 1. The number of benzene rings is 2. The Labute approximate surface area is 164 Å². The fraction of sp³-hybridized carbons (Fsp3) is 0.273. The van der Waals surface area contributed by atoms with Crippen LogP contribution in [0.3, 0.4) is 0 Å². The van der Waals surface area contributed by atoms with Crippen LogP contribution >= 0.6 is 11.6 Å². The summed E-state index contributed by atoms with van der Waals surface area (Å²) in [4.78, 5) is 21.5. The number of hydrogen-bond donors (Lipinski definition) is 0. The number of amides is 1. The van der Waals surface area contributed by atoms with E-state index in [0.29, 0.717) is 10.7 Å². The highest BCUT2D eigenvalue weighted by molar-refractivity contribution is 6.29. The molecule has 1 aromatic heterocycles. The zero-order valence-electron chi connectivity index (χ0n) is 15.4. The number of aromatic nitrogens is 1. The highest BCUT2D eigenvalue weighted by atomic mass is 35.5. The first kappa shape index (κ1) is 18.0. The molecule has 0 bridgehead atoms. The Morgan fingerprint density at radius 1 is 1.04 bits per heavy atom. The van der Waals surface area contributed by atoms with E-state index in [9.17, 15) is 4.79 Å². The Balaban J connectivity index is 1.41. The molecule has 4 nitrogen and oxygen atoms in total. The maximum absolute atomic E-state index is 12.9. The molecule has 0 saturated carbocycles. The molecule has 2 heterocycles. The standard InChI is InChI=1S/C22H22ClN3O/c1-16-4-2-3-5-19(16)15-25-10-12-26(13-11-25)22(27)18-6-8-20-17(14-18)7-9-21(23)24-20/h2-9,14H,10-13,15H2,1H3. The highest BCUT2D eigenvalue weighted by Crippen LogP contribution is 2.19. The van der Waals surface area contributed by atoms with Crippen molar-refractivity contribution in [1.82, 2.24) is 14.8 Å². The summed E-state index contributed by atoms with van der Waals surface area (Å²) >= 11 is 5.93. The predicted molar refractivity (Wildman–Crippen MR) is 109 cm³/mol. The molecule has 0 spiro atoms. The molecule has 27 heavy (non-hydrogen) atoms. The van der Waals surface area contributed by atoms with Crippen LogP contribution in [0.2, 0.25) is 5.15 Å². The maximum atomic E-state index is 12.9. The molecule has 1 amide bonds. The van der Waals surface area contributed by atoms with Crippen LogP contribution in [0.15, 0.2) is 54.6 Å². The van der Waals surface area contributed by atoms with Crippen molar-refractivity contribution < 1.29 is 4.79 Å². The quantitative estimate of drug-likeness (QED) is 0.641. The van der Waals surface area contributed by atoms with Crippen molar-refractivity contribution in [1.29, 1.82) is 0 Å². The van der Waals surface area contributed by atoms with Gasteiger partial charge < -0.3 is 4.90 Å². The fourth-order valence-corrected chi connectivity index (χ4v) is 3.71. The van der Waals surface area contributed by atoms with Crippen molar-refractivity contribution >= 4 is 28.4 Å². The molecule has 0 radical (unpaired) electrons. The average Bonchev–Trinajstić information content (AvgIpc) is 2.69. The van der Waals surface area contributed by atoms with Gasteiger partial charge in [0, 0.05) is 43.7 Å². The number of pyridine rings is 1. The molecule has 5 heteroatoms. The van der Waals surface area contributed by atoms with E-state index < -0.39 is 0 Å². The van der Waals surface area contributed by atoms with E-state index in [0.717, 1.165) is 43.6 Å². The van der Waals surface area contributed by atoms with Gasteiger partial charge >= 0.3 is 0 Å². The van der Waals surface area contributed by atoms with Crippen molar-refractivity contribution in [2.24, 2.45) is 0 Å². The number of carbonyl (C=O) groups excluding carboxylic acids is 1. The number of piperazine rings is 1. The number of hydrogen-bond acceptors (Lipinski definition) is 3. The van der Waals surface area contributed by atoms with E-state index in [1.165, 1.54) is 11.1 Å². The Bertz CT molecular complexity index is 980. The SMILES string of the molecule is Cc1ccccc1CN1CCN(C(=O)c2ccc3nc(Cl)ccc3c2)CC1. The van der Waals surface area contributed by atoms with E-state index >= 15 is 0 Å². The van der Waals surface area contributed by atoms with E-state index in [1.54, 1.807) is 6.07 Å². The summed E-state index contributed by atoms with van der Waals surface area (Å²) < 4.78 is 0. The molecule has 1 aliphatic rings. The summed E-state index contributed by atoms with van der Waals surface area (Å²) in [6.07, 6.45) is 0. The lowest BCUT2D eigenvalue weighted by Crippen LogP contribution is -2.48. The van der Waals surface area contributed by atoms with Gasteiger partial charge in [-0.05, 0) is 48.4 Å². The van der Waals surface area contributed by atoms with Gasteiger partial charge in [-0.2, -0.15) is 0 Å². The molecular formula is C22H22ClN3O. The smallest absolute Gasteiger partial charge is 0.253 e. The predicted octanol–water partition coefficient (Wildman–Crippen LogP) is 4.15. The second kappa shape index (κ2) is 7.67. The van der Waals surface area contributed by atoms with Gasteiger partial charge in [-0.3, -0.25) is 9.69 Å². The monoisotopic (exact) mass is 379 g/mol. The van der Waals surface area contributed by atoms with Crippen LogP contribution in [0.4, 0.5) is 0 Å². The largest absolute Gasteiger partial charge is 0.336 e. The number of halogens is 1. The zero-order valence-corrected chi connectivity index (χ0v) is 16.1. The van der Waals surface area contributed by atoms with Crippen LogP contribution in [0, 0.1) is 6.92 Å². The molecule has 0 unspecified atom stereocenters. The van der Waals surface area contributed by atoms with Gasteiger partial charge in [0.2, 0.25) is 0 Å². The second-order valence-electron chi connectivity index (χ2n) is 7.04. The lowest BCUT2D eigenvalue weighted by atomic mass is 10.1. The van der Waals surface area contributed by atoms with Crippen LogP contribution in [0.1, 0.15) is 21.5 Å². The second-order valence-corrected chi connectivity index (χ2v) is 7.42. The number of fused-ring (bicyclic) bond motifs is 1. The molecule has 0 atom stereocenters. The van der Waals surface area contributed by atoms with Gasteiger partial charge in [-0.15, -0.1) is 0 Å². The first-order chi connectivity index (χ1) is 13.1. The normalized spacial score (nSPS) is 15.3. The van der Waals surface area contributed by atoms with Crippen LogP contribution in [-0.2, 0) is 6.54 Å². The molecule has 0 N–H and O–H groups in total. The molecular weight excluding hydrogens is 358 g/mol. The summed E-state index contributed by atoms with van der Waals surface area (Å²) in [5.74, 6) is 0.0855. The third-order valence-electron chi connectivity index (χ3n) is 5.22. The summed E-state index contributed by atoms with van der Waals surface area (Å²) in [5, 5.41) is 1.40. The van der Waals surface area contributed by atoms with Crippen LogP contribution in [0.25, 0.3) is 10.9 Å². The molecule has 1 aliphatic heterocycles. The van der Waals surface area contributed by atoms with Gasteiger partial charge in [0.05, 0.1) is 5.52 Å². The zero-order chi connectivity index (χ0) is 18.8. The number of rotatable bonds is 3. The molecule has 4 rings (SSSR count). The van der Waals surface area contributed by atoms with Gasteiger partial charge in [-0.25, -0.2) is 4.98 Å². The van der Waals surface area contributed by atoms with Gasteiger partial charge in [0.15, 0.2) is 0 Å². The molecule has 0 aliphatic carbocycles. The summed E-state index contributed by atoms with van der Waals surface area (Å²) in [7, 11) is 0. The van der Waals surface area contributed by atoms with Crippen molar-refractivity contribution in [2.75, 3.05) is 26.2 Å². The first-order valence-electron chi connectivity index (χ1n) is 9.22. The first-order valence-corrected chi connectivity index (χ1v) is 9.60. The Morgan fingerprint density at radius 2 is 1.81 bits per heavy atom. The summed E-state index contributed by atoms with van der Waals surface area (Å²) in [6.45, 7) is 6.38. The fourth-order valence-electron chi connectivity index (χ4n) is 3.55. The lowest BCUT2D eigenvalue weighted by Gasteiger charge is -2.35. The van der Waals surface area contributed by atoms with E-state index in [4.69, 9.17) is 11.6 Å². The summed E-state index contributed by atoms with van der Waals surface area (Å²) in [5.41, 5.74) is 4.19. The minimum absolute atomic E-state index is 0.0855. The van der Waals surface area contributed by atoms with Crippen LogP contribution in [-0.4, -0.2) is 46.9 Å². The number of carbonyl (C=O) groups is 1. The third kappa shape index (κ3) is 3.97. The third-order valence-corrected chi connectivity index (χ3v) is 5.43. The minimum Gasteiger partial charge on any atom is -0.336 e.